The molecule has 1 spiro atoms. The number of anilines is 3. The first kappa shape index (κ1) is 49.3. The molecule has 4 amide bonds. The van der Waals surface area contributed by atoms with Crippen LogP contribution in [0.4, 0.5) is 35.4 Å². The molecular weight excluding hydrogens is 975 g/mol. The highest BCUT2D eigenvalue weighted by atomic mass is 19.1. The van der Waals surface area contributed by atoms with Gasteiger partial charge in [-0.2, -0.15) is 19.6 Å². The summed E-state index contributed by atoms with van der Waals surface area (Å²) in [4.78, 5) is 63.9. The van der Waals surface area contributed by atoms with Crippen LogP contribution in [0, 0.1) is 28.9 Å². The molecule has 11 rings (SSSR count). The number of likely N-dealkylation sites (N-methyl/N-ethyl adjacent to an activating group) is 2. The summed E-state index contributed by atoms with van der Waals surface area (Å²) in [5.41, 5.74) is 7.47. The third-order valence-corrected chi connectivity index (χ3v) is 14.3. The lowest BCUT2D eigenvalue weighted by atomic mass is 9.70. The number of benzene rings is 4. The monoisotopic (exact) mass is 1030 g/mol. The van der Waals surface area contributed by atoms with E-state index < -0.39 is 24.1 Å². The number of carbonyl (C=O) groups excluding carboxylic acids is 4. The molecule has 0 radical (unpaired) electrons. The fraction of sp³-hybridized carbons (Fsp3) is 0.281. The second-order valence-electron chi connectivity index (χ2n) is 19.7. The summed E-state index contributed by atoms with van der Waals surface area (Å²) >= 11 is 0. The van der Waals surface area contributed by atoms with Crippen LogP contribution in [0.15, 0.2) is 128 Å². The topological polar surface area (TPSA) is 178 Å². The molecule has 0 bridgehead atoms. The Hall–Kier alpha value is -8.89. The van der Waals surface area contributed by atoms with Gasteiger partial charge in [-0.1, -0.05) is 36.3 Å². The maximum atomic E-state index is 13.7. The predicted octanol–water partition coefficient (Wildman–Crippen LogP) is 6.53. The molecule has 2 fully saturated rings. The highest BCUT2D eigenvalue weighted by Crippen LogP contribution is 2.46. The molecule has 7 aromatic rings. The van der Waals surface area contributed by atoms with Gasteiger partial charge in [0.2, 0.25) is 0 Å². The van der Waals surface area contributed by atoms with E-state index >= 15 is 0 Å². The Morgan fingerprint density at radius 3 is 1.86 bits per heavy atom. The number of pyridine rings is 1. The summed E-state index contributed by atoms with van der Waals surface area (Å²) in [6.07, 6.45) is 9.56. The Kier molecular flexibility index (Phi) is 13.5. The van der Waals surface area contributed by atoms with E-state index in [1.165, 1.54) is 34.1 Å². The number of aromatic nitrogens is 5. The molecule has 0 saturated carbocycles. The SMILES string of the molecule is CN1C(=O)C(NC(=O)n2cc(Cc3ccc(F)cc3)cn2)COc2ccc(C#Cc3cccc(CC4CC5(CCO4)CN(c4ccc6c(c4)N(C)C(=O)C(NC(=O)n4cc(Cc7ccc(F)cc7)cn4)CO6)C5)n3)cc21. The maximum Gasteiger partial charge on any atom is 0.342 e. The molecule has 4 aliphatic rings. The number of hydrogen-bond donors (Lipinski definition) is 2. The average molecular weight is 1030 g/mol. The van der Waals surface area contributed by atoms with Crippen molar-refractivity contribution in [3.8, 4) is 23.3 Å². The van der Waals surface area contributed by atoms with Gasteiger partial charge in [-0.05, 0) is 114 Å². The van der Waals surface area contributed by atoms with Crippen molar-refractivity contribution < 1.29 is 42.2 Å². The van der Waals surface area contributed by atoms with Crippen molar-refractivity contribution in [3.63, 3.8) is 0 Å². The van der Waals surface area contributed by atoms with Gasteiger partial charge in [0.05, 0.1) is 29.9 Å². The molecule has 17 nitrogen and oxygen atoms in total. The first-order valence-electron chi connectivity index (χ1n) is 24.9. The van der Waals surface area contributed by atoms with Gasteiger partial charge in [0, 0.05) is 87.8 Å². The van der Waals surface area contributed by atoms with Crippen LogP contribution in [0.25, 0.3) is 0 Å². The predicted molar refractivity (Wildman–Crippen MR) is 277 cm³/mol. The minimum absolute atomic E-state index is 0.0396. The van der Waals surface area contributed by atoms with Crippen LogP contribution in [-0.4, -0.2) is 114 Å². The second-order valence-corrected chi connectivity index (χ2v) is 19.7. The Labute approximate surface area is 436 Å². The van der Waals surface area contributed by atoms with E-state index in [1.807, 2.05) is 42.5 Å². The van der Waals surface area contributed by atoms with Crippen LogP contribution in [0.1, 0.15) is 52.0 Å². The van der Waals surface area contributed by atoms with Gasteiger partial charge in [0.25, 0.3) is 11.8 Å². The van der Waals surface area contributed by atoms with Crippen LogP contribution in [0.5, 0.6) is 11.5 Å². The highest BCUT2D eigenvalue weighted by Gasteiger charge is 2.47. The van der Waals surface area contributed by atoms with Crippen molar-refractivity contribution >= 4 is 40.9 Å². The van der Waals surface area contributed by atoms with E-state index in [-0.39, 0.29) is 48.2 Å². The molecular formula is C57H52F2N10O7. The third kappa shape index (κ3) is 10.7. The number of nitrogens with zero attached hydrogens (tertiary/aromatic N) is 8. The zero-order chi connectivity index (χ0) is 52.5. The summed E-state index contributed by atoms with van der Waals surface area (Å²) in [7, 11) is 3.30. The fourth-order valence-corrected chi connectivity index (χ4v) is 10.2. The molecule has 2 saturated heterocycles. The molecule has 7 heterocycles. The maximum absolute atomic E-state index is 13.7. The fourth-order valence-electron chi connectivity index (χ4n) is 10.2. The van der Waals surface area contributed by atoms with Gasteiger partial charge >= 0.3 is 12.1 Å². The number of carbonyl (C=O) groups is 4. The summed E-state index contributed by atoms with van der Waals surface area (Å²) in [5, 5.41) is 13.9. The number of amides is 4. The van der Waals surface area contributed by atoms with Crippen molar-refractivity contribution in [3.05, 3.63) is 179 Å². The first-order chi connectivity index (χ1) is 36.8. The largest absolute Gasteiger partial charge is 0.489 e. The minimum atomic E-state index is -0.987. The lowest BCUT2D eigenvalue weighted by Crippen LogP contribution is -2.60. The Balaban J connectivity index is 0.670. The van der Waals surface area contributed by atoms with Crippen LogP contribution >= 0.6 is 0 Å². The van der Waals surface area contributed by atoms with Crippen molar-refractivity contribution in [1.82, 2.24) is 35.2 Å². The van der Waals surface area contributed by atoms with E-state index in [1.54, 1.807) is 75.3 Å². The van der Waals surface area contributed by atoms with Gasteiger partial charge in [0.1, 0.15) is 54.1 Å². The number of fused-ring (bicyclic) bond motifs is 2. The molecule has 2 N–H and O–H groups in total. The van der Waals surface area contributed by atoms with Crippen molar-refractivity contribution in [2.45, 2.75) is 50.3 Å². The minimum Gasteiger partial charge on any atom is -0.489 e. The van der Waals surface area contributed by atoms with Crippen molar-refractivity contribution in [2.75, 3.05) is 61.7 Å². The summed E-state index contributed by atoms with van der Waals surface area (Å²) in [6, 6.07) is 26.1. The molecule has 0 aliphatic carbocycles. The average Bonchev–Trinajstić information content (AvgIpc) is 4.07. The van der Waals surface area contributed by atoms with Gasteiger partial charge in [0.15, 0.2) is 0 Å². The standard InChI is InChI=1S/C57H52F2N10O7/c1-65-49-24-38(11-18-51(49)75-32-47(53(65)70)63-55(72)68-30-39(28-60-68)22-36-6-12-41(58)13-7-36)10-16-43-4-3-5-44(62-43)25-46-27-57(20-21-74-46)34-67(35-57)45-17-19-52-50(26-45)66(2)54(71)48(33-76-52)64-56(73)69-31-40(29-61-69)23-37-8-14-42(59)15-9-37/h3-9,11-15,17-19,24,26,28-31,46-48H,20-23,25,27,32-35H2,1-2H3,(H,63,72)(H,64,73). The quantitative estimate of drug-likeness (QED) is 0.150. The van der Waals surface area contributed by atoms with Crippen LogP contribution in [-0.2, 0) is 33.6 Å². The molecule has 3 unspecified atom stereocenters. The van der Waals surface area contributed by atoms with Gasteiger partial charge in [-0.3, -0.25) is 9.59 Å². The number of ether oxygens (including phenoxy) is 3. The van der Waals surface area contributed by atoms with Crippen molar-refractivity contribution in [2.24, 2.45) is 5.41 Å². The van der Waals surface area contributed by atoms with E-state index in [0.29, 0.717) is 60.0 Å². The van der Waals surface area contributed by atoms with Gasteiger partial charge in [-0.15, -0.1) is 0 Å². The number of rotatable bonds is 9. The Morgan fingerprint density at radius 2 is 1.26 bits per heavy atom. The van der Waals surface area contributed by atoms with E-state index in [9.17, 15) is 28.0 Å². The van der Waals surface area contributed by atoms with E-state index in [2.05, 4.69) is 37.6 Å². The van der Waals surface area contributed by atoms with Crippen molar-refractivity contribution in [1.29, 1.82) is 0 Å². The van der Waals surface area contributed by atoms with Crippen LogP contribution in [0.3, 0.4) is 0 Å². The van der Waals surface area contributed by atoms with Crippen LogP contribution in [0.2, 0.25) is 0 Å². The third-order valence-electron chi connectivity index (χ3n) is 14.3. The van der Waals surface area contributed by atoms with Gasteiger partial charge in [-0.25, -0.2) is 23.4 Å². The molecule has 4 aromatic carbocycles. The summed E-state index contributed by atoms with van der Waals surface area (Å²) < 4.78 is 47.4. The van der Waals surface area contributed by atoms with Crippen LogP contribution < -0.4 is 34.8 Å². The Bertz CT molecular complexity index is 3420. The molecule has 3 aromatic heterocycles. The molecule has 3 atom stereocenters. The normalized spacial score (nSPS) is 18.7. The lowest BCUT2D eigenvalue weighted by Gasteiger charge is -2.55. The van der Waals surface area contributed by atoms with Gasteiger partial charge < -0.3 is 39.5 Å². The number of halogens is 2. The van der Waals surface area contributed by atoms with E-state index in [4.69, 9.17) is 19.2 Å². The first-order valence-corrected chi connectivity index (χ1v) is 24.9. The lowest BCUT2D eigenvalue weighted by molar-refractivity contribution is -0.121. The van der Waals surface area contributed by atoms with E-state index in [0.717, 1.165) is 68.9 Å². The number of hydrogen-bond acceptors (Lipinski definition) is 11. The molecule has 4 aliphatic heterocycles. The summed E-state index contributed by atoms with van der Waals surface area (Å²) in [5.74, 6) is 6.03. The number of nitrogens with one attached hydrogen (secondary N) is 2. The smallest absolute Gasteiger partial charge is 0.342 e. The molecule has 76 heavy (non-hydrogen) atoms. The molecule has 386 valence electrons. The Morgan fingerprint density at radius 1 is 0.697 bits per heavy atom. The zero-order valence-electron chi connectivity index (χ0n) is 41.6. The zero-order valence-corrected chi connectivity index (χ0v) is 41.6. The summed E-state index contributed by atoms with van der Waals surface area (Å²) in [6.45, 7) is 2.13. The highest BCUT2D eigenvalue weighted by molar-refractivity contribution is 6.02. The second kappa shape index (κ2) is 20.8. The molecule has 19 heteroatoms.